The van der Waals surface area contributed by atoms with Gasteiger partial charge in [-0.1, -0.05) is 38.1 Å². The first kappa shape index (κ1) is 38.8. The van der Waals surface area contributed by atoms with Crippen LogP contribution in [0.25, 0.3) is 0 Å². The van der Waals surface area contributed by atoms with E-state index < -0.39 is 19.7 Å². The van der Waals surface area contributed by atoms with Crippen LogP contribution in [0.3, 0.4) is 0 Å². The average molecular weight is 870 g/mol. The molecule has 5 rings (SSSR count). The van der Waals surface area contributed by atoms with Gasteiger partial charge in [0, 0.05) is 18.5 Å². The standard InChI is InChI=1S/C20H21BrN4O4S.C12H11BrClN3O2S/c1-4-30(26,27)18-8-6-5-7-16(18)23-19-14(21)12-22-20(25-19)24-15-10-9-13(28-2)11-17(15)29-3;1-2-20(18,19)10-6-4-3-5-9(10)16-11-8(13)7-15-12(14)17-11/h5-12H,4H2,1-3H3,(H2,22,23,24,25);3-7H,2H2,1H3,(H,15,16,17). The van der Waals surface area contributed by atoms with Crippen molar-refractivity contribution >= 4 is 97.8 Å². The van der Waals surface area contributed by atoms with E-state index in [1.54, 1.807) is 101 Å². The Balaban J connectivity index is 0.000000244. The lowest BCUT2D eigenvalue weighted by Gasteiger charge is -2.14. The Morgan fingerprint density at radius 3 is 1.72 bits per heavy atom. The molecule has 5 aromatic rings. The number of para-hydroxylation sites is 2. The SMILES string of the molecule is CCS(=O)(=O)c1ccccc1Nc1nc(Cl)ncc1Br.CCS(=O)(=O)c1ccccc1Nc1nc(Nc2ccc(OC)cc2OC)ncc1Br. The Morgan fingerprint density at radius 1 is 0.680 bits per heavy atom. The third-order valence-electron chi connectivity index (χ3n) is 6.82. The number of methoxy groups -OCH3 is 2. The van der Waals surface area contributed by atoms with E-state index >= 15 is 0 Å². The van der Waals surface area contributed by atoms with E-state index in [9.17, 15) is 16.8 Å². The van der Waals surface area contributed by atoms with Gasteiger partial charge >= 0.3 is 0 Å². The molecule has 0 amide bonds. The zero-order valence-corrected chi connectivity index (χ0v) is 32.7. The van der Waals surface area contributed by atoms with Gasteiger partial charge in [0.15, 0.2) is 19.7 Å². The van der Waals surface area contributed by atoms with Crippen LogP contribution >= 0.6 is 43.5 Å². The number of aromatic nitrogens is 4. The normalized spacial score (nSPS) is 11.2. The summed E-state index contributed by atoms with van der Waals surface area (Å²) < 4.78 is 60.7. The zero-order chi connectivity index (χ0) is 36.5. The van der Waals surface area contributed by atoms with Gasteiger partial charge in [0.1, 0.15) is 23.1 Å². The summed E-state index contributed by atoms with van der Waals surface area (Å²) in [5.74, 6) is 2.38. The molecular weight excluding hydrogens is 838 g/mol. The number of rotatable bonds is 12. The van der Waals surface area contributed by atoms with Crippen LogP contribution in [0.5, 0.6) is 11.5 Å². The molecule has 13 nitrogen and oxygen atoms in total. The molecule has 0 unspecified atom stereocenters. The van der Waals surface area contributed by atoms with E-state index in [0.29, 0.717) is 55.1 Å². The topological polar surface area (TPSA) is 174 Å². The van der Waals surface area contributed by atoms with Crippen LogP contribution in [-0.4, -0.2) is 62.5 Å². The Bertz CT molecular complexity index is 2200. The van der Waals surface area contributed by atoms with Gasteiger partial charge in [-0.15, -0.1) is 0 Å². The predicted molar refractivity (Wildman–Crippen MR) is 202 cm³/mol. The van der Waals surface area contributed by atoms with E-state index in [4.69, 9.17) is 21.1 Å². The summed E-state index contributed by atoms with van der Waals surface area (Å²) >= 11 is 12.4. The number of halogens is 3. The Kier molecular flexibility index (Phi) is 13.4. The molecule has 0 spiro atoms. The van der Waals surface area contributed by atoms with Crippen molar-refractivity contribution in [3.63, 3.8) is 0 Å². The van der Waals surface area contributed by atoms with Gasteiger partial charge in [0.05, 0.1) is 61.5 Å². The van der Waals surface area contributed by atoms with Crippen molar-refractivity contribution in [2.75, 3.05) is 41.7 Å². The fraction of sp³-hybridized carbons (Fsp3) is 0.188. The lowest BCUT2D eigenvalue weighted by Crippen LogP contribution is -2.08. The fourth-order valence-electron chi connectivity index (χ4n) is 4.22. The molecule has 0 saturated carbocycles. The largest absolute Gasteiger partial charge is 0.497 e. The van der Waals surface area contributed by atoms with Crippen molar-refractivity contribution in [3.8, 4) is 11.5 Å². The molecule has 0 saturated heterocycles. The van der Waals surface area contributed by atoms with Crippen LogP contribution < -0.4 is 25.4 Å². The highest BCUT2D eigenvalue weighted by molar-refractivity contribution is 9.11. The summed E-state index contributed by atoms with van der Waals surface area (Å²) in [6.45, 7) is 3.21. The molecule has 0 bridgehead atoms. The van der Waals surface area contributed by atoms with Crippen LogP contribution in [0, 0.1) is 0 Å². The summed E-state index contributed by atoms with van der Waals surface area (Å²) in [6.07, 6.45) is 3.07. The molecule has 3 N–H and O–H groups in total. The Labute approximate surface area is 312 Å². The highest BCUT2D eigenvalue weighted by Crippen LogP contribution is 2.33. The first-order valence-corrected chi connectivity index (χ1v) is 20.0. The first-order chi connectivity index (χ1) is 23.8. The van der Waals surface area contributed by atoms with Crippen LogP contribution in [0.2, 0.25) is 5.28 Å². The number of ether oxygens (including phenoxy) is 2. The first-order valence-electron chi connectivity index (χ1n) is 14.7. The molecule has 3 aromatic carbocycles. The molecule has 2 heterocycles. The lowest BCUT2D eigenvalue weighted by molar-refractivity contribution is 0.395. The van der Waals surface area contributed by atoms with Crippen LogP contribution in [0.15, 0.2) is 97.9 Å². The third-order valence-corrected chi connectivity index (χ3v) is 11.7. The molecule has 264 valence electrons. The number of hydrogen-bond acceptors (Lipinski definition) is 13. The molecule has 0 aliphatic rings. The fourth-order valence-corrected chi connectivity index (χ4v) is 7.03. The van der Waals surface area contributed by atoms with Crippen molar-refractivity contribution in [2.45, 2.75) is 23.6 Å². The number of nitrogens with zero attached hydrogens (tertiary/aromatic N) is 4. The minimum absolute atomic E-state index is 0.000701. The quantitative estimate of drug-likeness (QED) is 0.103. The molecule has 0 aliphatic heterocycles. The van der Waals surface area contributed by atoms with Crippen LogP contribution in [0.1, 0.15) is 13.8 Å². The van der Waals surface area contributed by atoms with Gasteiger partial charge in [-0.05, 0) is 79.9 Å². The molecule has 0 aliphatic carbocycles. The smallest absolute Gasteiger partial charge is 0.229 e. The van der Waals surface area contributed by atoms with Gasteiger partial charge in [-0.2, -0.15) is 9.97 Å². The second kappa shape index (κ2) is 17.3. The maximum absolute atomic E-state index is 12.4. The maximum Gasteiger partial charge on any atom is 0.229 e. The van der Waals surface area contributed by atoms with Gasteiger partial charge in [0.2, 0.25) is 11.2 Å². The predicted octanol–water partition coefficient (Wildman–Crippen LogP) is 7.97. The molecule has 18 heteroatoms. The molecule has 2 aromatic heterocycles. The average Bonchev–Trinajstić information content (AvgIpc) is 3.12. The maximum atomic E-state index is 12.4. The molecule has 0 atom stereocenters. The molecular formula is C32H32Br2ClN7O6S2. The highest BCUT2D eigenvalue weighted by atomic mass is 79.9. The van der Waals surface area contributed by atoms with Crippen LogP contribution in [0.4, 0.5) is 34.6 Å². The van der Waals surface area contributed by atoms with Crippen molar-refractivity contribution in [1.82, 2.24) is 19.9 Å². The van der Waals surface area contributed by atoms with E-state index in [1.807, 2.05) is 0 Å². The van der Waals surface area contributed by atoms with E-state index in [-0.39, 0.29) is 26.6 Å². The summed E-state index contributed by atoms with van der Waals surface area (Å²) in [6, 6.07) is 18.7. The number of hydrogen-bond donors (Lipinski definition) is 3. The van der Waals surface area contributed by atoms with Gasteiger partial charge < -0.3 is 25.4 Å². The monoisotopic (exact) mass is 867 g/mol. The Morgan fingerprint density at radius 2 is 1.20 bits per heavy atom. The van der Waals surface area contributed by atoms with E-state index in [2.05, 4.69) is 67.7 Å². The van der Waals surface area contributed by atoms with Gasteiger partial charge in [0.25, 0.3) is 0 Å². The number of nitrogens with one attached hydrogen (secondary N) is 3. The van der Waals surface area contributed by atoms with Gasteiger partial charge in [-0.3, -0.25) is 0 Å². The van der Waals surface area contributed by atoms with Gasteiger partial charge in [-0.25, -0.2) is 26.8 Å². The molecule has 0 radical (unpaired) electrons. The van der Waals surface area contributed by atoms with E-state index in [1.165, 1.54) is 6.20 Å². The van der Waals surface area contributed by atoms with E-state index in [0.717, 1.165) is 0 Å². The summed E-state index contributed by atoms with van der Waals surface area (Å²) in [5.41, 5.74) is 1.54. The highest BCUT2D eigenvalue weighted by Gasteiger charge is 2.19. The van der Waals surface area contributed by atoms with Crippen LogP contribution in [-0.2, 0) is 19.7 Å². The van der Waals surface area contributed by atoms with Crippen molar-refractivity contribution < 1.29 is 26.3 Å². The molecule has 0 fully saturated rings. The van der Waals surface area contributed by atoms with Crippen molar-refractivity contribution in [2.24, 2.45) is 0 Å². The number of sulfone groups is 2. The minimum atomic E-state index is -3.40. The zero-order valence-electron chi connectivity index (χ0n) is 27.1. The van der Waals surface area contributed by atoms with Crippen molar-refractivity contribution in [3.05, 3.63) is 93.4 Å². The number of benzene rings is 3. The second-order valence-corrected chi connectivity index (χ2v) is 16.5. The lowest BCUT2D eigenvalue weighted by atomic mass is 10.2. The number of anilines is 6. The Hall–Kier alpha value is -4.03. The summed E-state index contributed by atoms with van der Waals surface area (Å²) in [4.78, 5) is 17.0. The summed E-state index contributed by atoms with van der Waals surface area (Å²) in [5, 5.41) is 9.22. The molecule has 50 heavy (non-hydrogen) atoms. The third kappa shape index (κ3) is 9.81. The summed E-state index contributed by atoms with van der Waals surface area (Å²) in [7, 11) is -3.59. The second-order valence-electron chi connectivity index (χ2n) is 9.97. The minimum Gasteiger partial charge on any atom is -0.497 e. The van der Waals surface area contributed by atoms with Crippen molar-refractivity contribution in [1.29, 1.82) is 0 Å².